The molecular weight excluding hydrogens is 242 g/mol. The Kier molecular flexibility index (Phi) is 6.23. The molecule has 0 spiro atoms. The molecule has 5 nitrogen and oxygen atoms in total. The molecule has 0 saturated carbocycles. The molecule has 0 aromatic rings. The average Bonchev–Trinajstić information content (AvgIpc) is 2.30. The predicted octanol–water partition coefficient (Wildman–Crippen LogP) is 0.852. The lowest BCUT2D eigenvalue weighted by Gasteiger charge is -2.42. The Hall–Kier alpha value is -0.650. The van der Waals surface area contributed by atoms with Crippen LogP contribution >= 0.6 is 0 Å². The van der Waals surface area contributed by atoms with E-state index >= 15 is 0 Å². The first-order valence-corrected chi connectivity index (χ1v) is 7.24. The van der Waals surface area contributed by atoms with Gasteiger partial charge >= 0.3 is 5.97 Å². The van der Waals surface area contributed by atoms with Crippen LogP contribution in [-0.2, 0) is 4.79 Å². The number of carbonyl (C=O) groups is 1. The van der Waals surface area contributed by atoms with E-state index in [1.165, 1.54) is 0 Å². The van der Waals surface area contributed by atoms with Crippen LogP contribution in [0.1, 0.15) is 34.1 Å². The van der Waals surface area contributed by atoms with Crippen LogP contribution in [0.3, 0.4) is 0 Å². The van der Waals surface area contributed by atoms with Crippen molar-refractivity contribution in [2.45, 2.75) is 58.3 Å². The summed E-state index contributed by atoms with van der Waals surface area (Å²) in [5, 5.41) is 12.3. The molecule has 19 heavy (non-hydrogen) atoms. The van der Waals surface area contributed by atoms with Crippen molar-refractivity contribution in [3.05, 3.63) is 0 Å². The topological polar surface area (TPSA) is 55.8 Å². The van der Waals surface area contributed by atoms with Gasteiger partial charge in [-0.1, -0.05) is 13.8 Å². The summed E-state index contributed by atoms with van der Waals surface area (Å²) < 4.78 is 0. The standard InChI is InChI=1S/C14H29N3O2/c1-10(2)15-13(14(18)19)6-7-17-8-11(3)16(5)12(4)9-17/h10-13,15H,6-9H2,1-5H3,(H,18,19). The summed E-state index contributed by atoms with van der Waals surface area (Å²) in [5.41, 5.74) is 0. The van der Waals surface area contributed by atoms with Gasteiger partial charge in [0.1, 0.15) is 6.04 Å². The van der Waals surface area contributed by atoms with Crippen molar-refractivity contribution in [3.8, 4) is 0 Å². The minimum atomic E-state index is -0.746. The van der Waals surface area contributed by atoms with Gasteiger partial charge in [-0.15, -0.1) is 0 Å². The number of nitrogens with zero attached hydrogens (tertiary/aromatic N) is 2. The Bertz CT molecular complexity index is 284. The van der Waals surface area contributed by atoms with Gasteiger partial charge in [-0.3, -0.25) is 9.69 Å². The summed E-state index contributed by atoms with van der Waals surface area (Å²) in [4.78, 5) is 16.0. The molecule has 5 heteroatoms. The summed E-state index contributed by atoms with van der Waals surface area (Å²) >= 11 is 0. The summed E-state index contributed by atoms with van der Waals surface area (Å²) in [5.74, 6) is -0.746. The monoisotopic (exact) mass is 271 g/mol. The van der Waals surface area contributed by atoms with E-state index in [1.54, 1.807) is 0 Å². The van der Waals surface area contributed by atoms with Crippen LogP contribution in [0.4, 0.5) is 0 Å². The Morgan fingerprint density at radius 1 is 1.32 bits per heavy atom. The number of carboxylic acids is 1. The van der Waals surface area contributed by atoms with Crippen molar-refractivity contribution in [2.24, 2.45) is 0 Å². The molecule has 0 bridgehead atoms. The van der Waals surface area contributed by atoms with Gasteiger partial charge < -0.3 is 15.3 Å². The summed E-state index contributed by atoms with van der Waals surface area (Å²) in [6.45, 7) is 11.3. The maximum Gasteiger partial charge on any atom is 0.320 e. The molecule has 1 heterocycles. The third-order valence-corrected chi connectivity index (χ3v) is 4.00. The van der Waals surface area contributed by atoms with Gasteiger partial charge in [-0.2, -0.15) is 0 Å². The van der Waals surface area contributed by atoms with E-state index in [0.29, 0.717) is 18.5 Å². The predicted molar refractivity (Wildman–Crippen MR) is 77.4 cm³/mol. The second-order valence-corrected chi connectivity index (χ2v) is 6.12. The van der Waals surface area contributed by atoms with Crippen LogP contribution in [-0.4, -0.2) is 71.7 Å². The normalized spacial score (nSPS) is 27.7. The summed E-state index contributed by atoms with van der Waals surface area (Å²) in [7, 11) is 2.16. The second kappa shape index (κ2) is 7.22. The zero-order valence-electron chi connectivity index (χ0n) is 12.9. The number of piperazine rings is 1. The fourth-order valence-corrected chi connectivity index (χ4v) is 2.69. The first-order valence-electron chi connectivity index (χ1n) is 7.24. The quantitative estimate of drug-likeness (QED) is 0.750. The molecule has 1 aliphatic rings. The zero-order valence-corrected chi connectivity index (χ0v) is 12.9. The number of carboxylic acid groups (broad SMARTS) is 1. The maximum absolute atomic E-state index is 11.2. The highest BCUT2D eigenvalue weighted by Crippen LogP contribution is 2.13. The fourth-order valence-electron chi connectivity index (χ4n) is 2.69. The van der Waals surface area contributed by atoms with Gasteiger partial charge in [0.15, 0.2) is 0 Å². The lowest BCUT2D eigenvalue weighted by atomic mass is 10.1. The molecule has 0 aliphatic carbocycles. The number of hydrogen-bond donors (Lipinski definition) is 2. The summed E-state index contributed by atoms with van der Waals surface area (Å²) in [6.07, 6.45) is 0.663. The number of rotatable bonds is 6. The molecule has 112 valence electrons. The van der Waals surface area contributed by atoms with Crippen LogP contribution < -0.4 is 5.32 Å². The summed E-state index contributed by atoms with van der Waals surface area (Å²) in [6, 6.07) is 0.826. The molecule has 1 aliphatic heterocycles. The fraction of sp³-hybridized carbons (Fsp3) is 0.929. The van der Waals surface area contributed by atoms with E-state index < -0.39 is 12.0 Å². The molecule has 0 amide bonds. The molecule has 1 saturated heterocycles. The molecule has 0 radical (unpaired) electrons. The highest BCUT2D eigenvalue weighted by atomic mass is 16.4. The third kappa shape index (κ3) is 5.09. The minimum Gasteiger partial charge on any atom is -0.480 e. The lowest BCUT2D eigenvalue weighted by molar-refractivity contribution is -0.140. The lowest BCUT2D eigenvalue weighted by Crippen LogP contribution is -2.55. The van der Waals surface area contributed by atoms with Gasteiger partial charge in [0, 0.05) is 37.8 Å². The largest absolute Gasteiger partial charge is 0.480 e. The Morgan fingerprint density at radius 3 is 2.26 bits per heavy atom. The van der Waals surface area contributed by atoms with Crippen molar-refractivity contribution in [1.29, 1.82) is 0 Å². The molecule has 2 N–H and O–H groups in total. The van der Waals surface area contributed by atoms with Crippen molar-refractivity contribution in [1.82, 2.24) is 15.1 Å². The van der Waals surface area contributed by atoms with Gasteiger partial charge in [0.05, 0.1) is 0 Å². The number of aliphatic carboxylic acids is 1. The highest BCUT2D eigenvalue weighted by Gasteiger charge is 2.27. The average molecular weight is 271 g/mol. The first kappa shape index (κ1) is 16.4. The van der Waals surface area contributed by atoms with Crippen molar-refractivity contribution in [2.75, 3.05) is 26.7 Å². The molecule has 1 fully saturated rings. The van der Waals surface area contributed by atoms with Gasteiger partial charge in [0.25, 0.3) is 0 Å². The Morgan fingerprint density at radius 2 is 1.84 bits per heavy atom. The van der Waals surface area contributed by atoms with Crippen LogP contribution in [0.15, 0.2) is 0 Å². The van der Waals surface area contributed by atoms with E-state index in [0.717, 1.165) is 19.6 Å². The van der Waals surface area contributed by atoms with Gasteiger partial charge in [0.2, 0.25) is 0 Å². The Labute approximate surface area is 117 Å². The molecule has 0 aromatic heterocycles. The molecule has 3 unspecified atom stereocenters. The second-order valence-electron chi connectivity index (χ2n) is 6.12. The number of likely N-dealkylation sites (N-methyl/N-ethyl adjacent to an activating group) is 1. The van der Waals surface area contributed by atoms with E-state index in [9.17, 15) is 9.90 Å². The smallest absolute Gasteiger partial charge is 0.320 e. The first-order chi connectivity index (χ1) is 8.81. The van der Waals surface area contributed by atoms with Crippen molar-refractivity contribution in [3.63, 3.8) is 0 Å². The molecule has 3 atom stereocenters. The minimum absolute atomic E-state index is 0.200. The van der Waals surface area contributed by atoms with Gasteiger partial charge in [-0.05, 0) is 27.3 Å². The molecule has 1 rings (SSSR count). The number of nitrogens with one attached hydrogen (secondary N) is 1. The third-order valence-electron chi connectivity index (χ3n) is 4.00. The van der Waals surface area contributed by atoms with Crippen molar-refractivity contribution >= 4 is 5.97 Å². The van der Waals surface area contributed by atoms with Crippen LogP contribution in [0.5, 0.6) is 0 Å². The highest BCUT2D eigenvalue weighted by molar-refractivity contribution is 5.73. The van der Waals surface area contributed by atoms with Gasteiger partial charge in [-0.25, -0.2) is 0 Å². The van der Waals surface area contributed by atoms with E-state index in [4.69, 9.17) is 0 Å². The zero-order chi connectivity index (χ0) is 14.6. The van der Waals surface area contributed by atoms with E-state index in [1.807, 2.05) is 13.8 Å². The number of hydrogen-bond acceptors (Lipinski definition) is 4. The van der Waals surface area contributed by atoms with Crippen LogP contribution in [0.2, 0.25) is 0 Å². The van der Waals surface area contributed by atoms with Crippen LogP contribution in [0, 0.1) is 0 Å². The Balaban J connectivity index is 2.44. The molecular formula is C14H29N3O2. The van der Waals surface area contributed by atoms with E-state index in [2.05, 4.69) is 36.0 Å². The molecule has 0 aromatic carbocycles. The van der Waals surface area contributed by atoms with Crippen LogP contribution in [0.25, 0.3) is 0 Å². The van der Waals surface area contributed by atoms with Crippen molar-refractivity contribution < 1.29 is 9.90 Å². The maximum atomic E-state index is 11.2. The van der Waals surface area contributed by atoms with E-state index in [-0.39, 0.29) is 6.04 Å². The SMILES string of the molecule is CC(C)NC(CCN1CC(C)N(C)C(C)C1)C(=O)O.